The predicted octanol–water partition coefficient (Wildman–Crippen LogP) is 1.21. The van der Waals surface area contributed by atoms with E-state index in [9.17, 15) is 14.4 Å². The maximum atomic E-state index is 11.3. The molecule has 3 unspecified atom stereocenters. The number of carbonyl (C=O) groups is 3. The lowest BCUT2D eigenvalue weighted by Crippen LogP contribution is -2.60. The average molecular weight is 272 g/mol. The van der Waals surface area contributed by atoms with Gasteiger partial charge in [0.1, 0.15) is 6.61 Å². The molecule has 3 atom stereocenters. The first-order valence-corrected chi connectivity index (χ1v) is 6.28. The van der Waals surface area contributed by atoms with Crippen molar-refractivity contribution in [2.24, 2.45) is 5.92 Å². The zero-order valence-electron chi connectivity index (χ0n) is 11.7. The minimum Gasteiger partial charge on any atom is -0.462 e. The summed E-state index contributed by atoms with van der Waals surface area (Å²) in [7, 11) is 0. The Morgan fingerprint density at radius 3 is 2.11 bits per heavy atom. The van der Waals surface area contributed by atoms with Crippen LogP contribution in [0.2, 0.25) is 0 Å². The summed E-state index contributed by atoms with van der Waals surface area (Å²) < 4.78 is 15.5. The van der Waals surface area contributed by atoms with Gasteiger partial charge in [-0.15, -0.1) is 0 Å². The van der Waals surface area contributed by atoms with Crippen molar-refractivity contribution in [1.82, 2.24) is 0 Å². The summed E-state index contributed by atoms with van der Waals surface area (Å²) in [5.41, 5.74) is -0.882. The van der Waals surface area contributed by atoms with Crippen LogP contribution in [0.4, 0.5) is 0 Å². The molecule has 0 spiro atoms. The van der Waals surface area contributed by atoms with Crippen LogP contribution < -0.4 is 0 Å². The van der Waals surface area contributed by atoms with Crippen molar-refractivity contribution in [2.75, 3.05) is 6.61 Å². The zero-order chi connectivity index (χ0) is 14.6. The van der Waals surface area contributed by atoms with E-state index < -0.39 is 29.6 Å². The van der Waals surface area contributed by atoms with Crippen molar-refractivity contribution in [3.63, 3.8) is 0 Å². The quantitative estimate of drug-likeness (QED) is 0.553. The van der Waals surface area contributed by atoms with Crippen molar-refractivity contribution in [2.45, 2.75) is 52.2 Å². The maximum absolute atomic E-state index is 11.3. The lowest BCUT2D eigenvalue weighted by Gasteiger charge is -2.50. The molecule has 0 heterocycles. The van der Waals surface area contributed by atoms with E-state index in [-0.39, 0.29) is 12.5 Å². The molecule has 0 aromatic heterocycles. The van der Waals surface area contributed by atoms with Gasteiger partial charge in [-0.3, -0.25) is 14.4 Å². The Morgan fingerprint density at radius 1 is 1.16 bits per heavy atom. The zero-order valence-corrected chi connectivity index (χ0v) is 11.7. The molecule has 0 amide bonds. The number of rotatable bonds is 5. The third kappa shape index (κ3) is 3.68. The van der Waals surface area contributed by atoms with Crippen LogP contribution >= 0.6 is 0 Å². The van der Waals surface area contributed by atoms with Gasteiger partial charge in [-0.05, 0) is 18.8 Å². The molecule has 0 N–H and O–H groups in total. The Hall–Kier alpha value is -1.59. The first-order valence-electron chi connectivity index (χ1n) is 6.28. The maximum Gasteiger partial charge on any atom is 0.303 e. The van der Waals surface area contributed by atoms with Crippen LogP contribution in [-0.2, 0) is 28.6 Å². The molecule has 1 aliphatic rings. The number of carbonyl (C=O) groups excluding carboxylic acids is 3. The third-order valence-corrected chi connectivity index (χ3v) is 3.43. The van der Waals surface area contributed by atoms with E-state index in [0.29, 0.717) is 6.42 Å². The number of hydrogen-bond donors (Lipinski definition) is 0. The highest BCUT2D eigenvalue weighted by Crippen LogP contribution is 2.45. The monoisotopic (exact) mass is 272 g/mol. The lowest BCUT2D eigenvalue weighted by molar-refractivity contribution is -0.223. The van der Waals surface area contributed by atoms with Gasteiger partial charge < -0.3 is 14.2 Å². The van der Waals surface area contributed by atoms with Crippen molar-refractivity contribution >= 4 is 17.9 Å². The van der Waals surface area contributed by atoms with E-state index in [0.717, 1.165) is 6.42 Å². The molecule has 0 saturated heterocycles. The highest BCUT2D eigenvalue weighted by molar-refractivity contribution is 5.68. The molecule has 0 aromatic rings. The molecule has 0 aliphatic heterocycles. The minimum absolute atomic E-state index is 0.0521. The fourth-order valence-electron chi connectivity index (χ4n) is 2.35. The van der Waals surface area contributed by atoms with E-state index in [1.54, 1.807) is 0 Å². The summed E-state index contributed by atoms with van der Waals surface area (Å²) in [4.78, 5) is 33.3. The van der Waals surface area contributed by atoms with Gasteiger partial charge in [0.2, 0.25) is 0 Å². The molecule has 108 valence electrons. The van der Waals surface area contributed by atoms with Crippen molar-refractivity contribution in [1.29, 1.82) is 0 Å². The second kappa shape index (κ2) is 6.04. The number of ether oxygens (including phenoxy) is 3. The first-order chi connectivity index (χ1) is 8.78. The Kier molecular flexibility index (Phi) is 4.91. The van der Waals surface area contributed by atoms with Crippen LogP contribution in [0.3, 0.4) is 0 Å². The summed E-state index contributed by atoms with van der Waals surface area (Å²) in [6.07, 6.45) is 0.694. The molecule has 0 aromatic carbocycles. The van der Waals surface area contributed by atoms with Gasteiger partial charge in [-0.1, -0.05) is 6.92 Å². The van der Waals surface area contributed by atoms with Crippen molar-refractivity contribution in [3.8, 4) is 0 Å². The SMILES string of the molecule is CC(=O)OCC(OC(C)=O)C1(OC(C)=O)CCC1C. The Morgan fingerprint density at radius 2 is 1.79 bits per heavy atom. The van der Waals surface area contributed by atoms with Crippen LogP contribution in [-0.4, -0.2) is 36.2 Å². The molecule has 1 rings (SSSR count). The summed E-state index contributed by atoms with van der Waals surface area (Å²) in [6.45, 7) is 5.66. The van der Waals surface area contributed by atoms with Crippen LogP contribution in [0.15, 0.2) is 0 Å². The Balaban J connectivity index is 2.87. The second-order valence-electron chi connectivity index (χ2n) is 4.89. The second-order valence-corrected chi connectivity index (χ2v) is 4.89. The van der Waals surface area contributed by atoms with E-state index >= 15 is 0 Å². The summed E-state index contributed by atoms with van der Waals surface area (Å²) in [6, 6.07) is 0. The van der Waals surface area contributed by atoms with Gasteiger partial charge in [-0.2, -0.15) is 0 Å². The molecule has 1 fully saturated rings. The van der Waals surface area contributed by atoms with E-state index in [2.05, 4.69) is 0 Å². The van der Waals surface area contributed by atoms with E-state index in [4.69, 9.17) is 14.2 Å². The fraction of sp³-hybridized carbons (Fsp3) is 0.769. The smallest absolute Gasteiger partial charge is 0.303 e. The largest absolute Gasteiger partial charge is 0.462 e. The van der Waals surface area contributed by atoms with Gasteiger partial charge in [0.05, 0.1) is 0 Å². The van der Waals surface area contributed by atoms with Crippen LogP contribution in [0, 0.1) is 5.92 Å². The lowest BCUT2D eigenvalue weighted by atomic mass is 9.67. The summed E-state index contributed by atoms with van der Waals surface area (Å²) in [5, 5.41) is 0. The molecular weight excluding hydrogens is 252 g/mol. The fourth-order valence-corrected chi connectivity index (χ4v) is 2.35. The topological polar surface area (TPSA) is 78.9 Å². The van der Waals surface area contributed by atoms with Gasteiger partial charge in [0.25, 0.3) is 0 Å². The van der Waals surface area contributed by atoms with Gasteiger partial charge >= 0.3 is 17.9 Å². The van der Waals surface area contributed by atoms with E-state index in [1.807, 2.05) is 6.92 Å². The molecule has 6 heteroatoms. The normalized spacial score (nSPS) is 26.8. The first kappa shape index (κ1) is 15.5. The van der Waals surface area contributed by atoms with Gasteiger partial charge in [0.15, 0.2) is 11.7 Å². The molecular formula is C13H20O6. The van der Waals surface area contributed by atoms with E-state index in [1.165, 1.54) is 20.8 Å². The van der Waals surface area contributed by atoms with Crippen molar-refractivity contribution in [3.05, 3.63) is 0 Å². The molecule has 0 bridgehead atoms. The highest BCUT2D eigenvalue weighted by atomic mass is 16.6. The summed E-state index contributed by atoms with van der Waals surface area (Å²) in [5.74, 6) is -1.35. The molecule has 0 radical (unpaired) electrons. The Bertz CT molecular complexity index is 377. The van der Waals surface area contributed by atoms with Crippen LogP contribution in [0.25, 0.3) is 0 Å². The van der Waals surface area contributed by atoms with Gasteiger partial charge in [0, 0.05) is 20.8 Å². The molecule has 1 aliphatic carbocycles. The predicted molar refractivity (Wildman–Crippen MR) is 65.1 cm³/mol. The van der Waals surface area contributed by atoms with Crippen molar-refractivity contribution < 1.29 is 28.6 Å². The average Bonchev–Trinajstić information content (AvgIpc) is 2.28. The Labute approximate surface area is 112 Å². The molecule has 1 saturated carbocycles. The summed E-state index contributed by atoms with van der Waals surface area (Å²) >= 11 is 0. The van der Waals surface area contributed by atoms with Crippen LogP contribution in [0.5, 0.6) is 0 Å². The molecule has 19 heavy (non-hydrogen) atoms. The third-order valence-electron chi connectivity index (χ3n) is 3.43. The molecule has 6 nitrogen and oxygen atoms in total. The minimum atomic E-state index is -0.882. The van der Waals surface area contributed by atoms with Gasteiger partial charge in [-0.25, -0.2) is 0 Å². The van der Waals surface area contributed by atoms with Crippen LogP contribution in [0.1, 0.15) is 40.5 Å². The standard InChI is InChI=1S/C13H20O6/c1-8-5-6-13(8,19-11(4)16)12(18-10(3)15)7-17-9(2)14/h8,12H,5-7H2,1-4H3. The number of esters is 3. The highest BCUT2D eigenvalue weighted by Gasteiger charge is 2.55. The number of hydrogen-bond acceptors (Lipinski definition) is 6.